The number of allylic oxidation sites excluding steroid dienone is 1. The maximum Gasteiger partial charge on any atom is 0.313 e. The van der Waals surface area contributed by atoms with Gasteiger partial charge in [0.25, 0.3) is 0 Å². The molecule has 5 nitrogen and oxygen atoms in total. The highest BCUT2D eigenvalue weighted by atomic mass is 16.4. The van der Waals surface area contributed by atoms with Crippen molar-refractivity contribution in [3.05, 3.63) is 12.2 Å². The molecule has 1 aliphatic carbocycles. The predicted octanol–water partition coefficient (Wildman–Crippen LogP) is 0.881. The van der Waals surface area contributed by atoms with Crippen molar-refractivity contribution in [1.29, 1.82) is 0 Å². The number of rotatable bonds is 4. The van der Waals surface area contributed by atoms with E-state index in [9.17, 15) is 14.7 Å². The number of carbonyl (C=O) groups is 2. The van der Waals surface area contributed by atoms with Crippen molar-refractivity contribution >= 4 is 11.9 Å². The Morgan fingerprint density at radius 1 is 1.31 bits per heavy atom. The van der Waals surface area contributed by atoms with Crippen molar-refractivity contribution in [2.75, 3.05) is 6.61 Å². The van der Waals surface area contributed by atoms with Gasteiger partial charge in [-0.3, -0.25) is 9.59 Å². The van der Waals surface area contributed by atoms with E-state index in [0.29, 0.717) is 6.42 Å². The second-order valence-corrected chi connectivity index (χ2v) is 4.58. The molecule has 2 unspecified atom stereocenters. The van der Waals surface area contributed by atoms with Gasteiger partial charge in [-0.25, -0.2) is 0 Å². The smallest absolute Gasteiger partial charge is 0.313 e. The van der Waals surface area contributed by atoms with Gasteiger partial charge in [0.1, 0.15) is 0 Å². The zero-order valence-electron chi connectivity index (χ0n) is 9.14. The van der Waals surface area contributed by atoms with Gasteiger partial charge in [0.15, 0.2) is 0 Å². The molecule has 90 valence electrons. The van der Waals surface area contributed by atoms with Crippen LogP contribution in [0.2, 0.25) is 0 Å². The van der Waals surface area contributed by atoms with Gasteiger partial charge in [-0.1, -0.05) is 12.2 Å². The third kappa shape index (κ3) is 2.09. The molecule has 0 aromatic carbocycles. The van der Waals surface area contributed by atoms with Crippen molar-refractivity contribution in [2.24, 2.45) is 10.8 Å². The van der Waals surface area contributed by atoms with Crippen LogP contribution in [0.5, 0.6) is 0 Å². The fourth-order valence-corrected chi connectivity index (χ4v) is 2.16. The molecule has 0 aromatic heterocycles. The lowest BCUT2D eigenvalue weighted by molar-refractivity contribution is -0.156. The van der Waals surface area contributed by atoms with Crippen LogP contribution < -0.4 is 0 Å². The maximum absolute atomic E-state index is 11.2. The van der Waals surface area contributed by atoms with E-state index in [1.54, 1.807) is 6.08 Å². The summed E-state index contributed by atoms with van der Waals surface area (Å²) in [7, 11) is 0. The zero-order chi connectivity index (χ0) is 12.4. The summed E-state index contributed by atoms with van der Waals surface area (Å²) >= 11 is 0. The molecule has 0 saturated carbocycles. The third-order valence-corrected chi connectivity index (χ3v) is 3.21. The molecule has 3 N–H and O–H groups in total. The van der Waals surface area contributed by atoms with E-state index in [4.69, 9.17) is 10.2 Å². The molecule has 0 saturated heterocycles. The zero-order valence-corrected chi connectivity index (χ0v) is 9.14. The Bertz CT molecular complexity index is 335. The van der Waals surface area contributed by atoms with Gasteiger partial charge >= 0.3 is 11.9 Å². The van der Waals surface area contributed by atoms with Crippen molar-refractivity contribution in [3.63, 3.8) is 0 Å². The highest BCUT2D eigenvalue weighted by Gasteiger charge is 2.47. The first-order valence-electron chi connectivity index (χ1n) is 5.12. The lowest BCUT2D eigenvalue weighted by Crippen LogP contribution is -2.42. The minimum absolute atomic E-state index is 0.0156. The number of hydrogen-bond acceptors (Lipinski definition) is 3. The summed E-state index contributed by atoms with van der Waals surface area (Å²) in [5, 5.41) is 27.2. The summed E-state index contributed by atoms with van der Waals surface area (Å²) in [6.45, 7) is 1.26. The van der Waals surface area contributed by atoms with E-state index in [1.807, 2.05) is 0 Å². The maximum atomic E-state index is 11.2. The van der Waals surface area contributed by atoms with Gasteiger partial charge in [0.2, 0.25) is 0 Å². The van der Waals surface area contributed by atoms with Crippen LogP contribution in [0.1, 0.15) is 26.2 Å². The highest BCUT2D eigenvalue weighted by Crippen LogP contribution is 2.44. The number of hydrogen-bond donors (Lipinski definition) is 3. The summed E-state index contributed by atoms with van der Waals surface area (Å²) in [5.41, 5.74) is -2.32. The molecule has 1 aliphatic rings. The Morgan fingerprint density at radius 2 is 1.94 bits per heavy atom. The fraction of sp³-hybridized carbons (Fsp3) is 0.636. The molecule has 0 heterocycles. The van der Waals surface area contributed by atoms with Crippen LogP contribution in [0.4, 0.5) is 0 Å². The Balaban J connectivity index is 3.05. The largest absolute Gasteiger partial charge is 0.481 e. The second kappa shape index (κ2) is 4.25. The van der Waals surface area contributed by atoms with Crippen LogP contribution in [0, 0.1) is 10.8 Å². The van der Waals surface area contributed by atoms with Gasteiger partial charge in [0, 0.05) is 6.61 Å². The Labute approximate surface area is 93.4 Å². The van der Waals surface area contributed by atoms with Crippen molar-refractivity contribution in [1.82, 2.24) is 0 Å². The average molecular weight is 228 g/mol. The quantitative estimate of drug-likeness (QED) is 0.621. The molecule has 0 aromatic rings. The number of aliphatic hydroxyl groups is 1. The van der Waals surface area contributed by atoms with Crippen molar-refractivity contribution in [2.45, 2.75) is 26.2 Å². The monoisotopic (exact) mass is 228 g/mol. The van der Waals surface area contributed by atoms with Gasteiger partial charge in [-0.15, -0.1) is 0 Å². The van der Waals surface area contributed by atoms with Crippen molar-refractivity contribution < 1.29 is 24.9 Å². The molecule has 2 atom stereocenters. The molecule has 5 heteroatoms. The van der Waals surface area contributed by atoms with Gasteiger partial charge in [0.05, 0.1) is 10.8 Å². The van der Waals surface area contributed by atoms with Crippen LogP contribution in [0.15, 0.2) is 12.2 Å². The number of carboxylic acid groups (broad SMARTS) is 2. The predicted molar refractivity (Wildman–Crippen MR) is 55.9 cm³/mol. The van der Waals surface area contributed by atoms with E-state index < -0.39 is 22.8 Å². The minimum atomic E-state index is -1.25. The van der Waals surface area contributed by atoms with Crippen LogP contribution in [-0.2, 0) is 9.59 Å². The van der Waals surface area contributed by atoms with Gasteiger partial charge in [-0.2, -0.15) is 0 Å². The van der Waals surface area contributed by atoms with Crippen LogP contribution >= 0.6 is 0 Å². The molecule has 1 rings (SSSR count). The topological polar surface area (TPSA) is 94.8 Å². The first-order valence-corrected chi connectivity index (χ1v) is 5.12. The number of aliphatic hydroxyl groups excluding tert-OH is 1. The van der Waals surface area contributed by atoms with E-state index in [0.717, 1.165) is 0 Å². The van der Waals surface area contributed by atoms with Crippen LogP contribution in [-0.4, -0.2) is 33.9 Å². The molecular weight excluding hydrogens is 212 g/mol. The second-order valence-electron chi connectivity index (χ2n) is 4.58. The third-order valence-electron chi connectivity index (χ3n) is 3.21. The molecule has 16 heavy (non-hydrogen) atoms. The average Bonchev–Trinajstić information content (AvgIpc) is 2.17. The highest BCUT2D eigenvalue weighted by molar-refractivity contribution is 5.81. The van der Waals surface area contributed by atoms with Crippen LogP contribution in [0.3, 0.4) is 0 Å². The molecular formula is C11H16O5. The molecule has 0 amide bonds. The van der Waals surface area contributed by atoms with E-state index in [1.165, 1.54) is 13.0 Å². The summed E-state index contributed by atoms with van der Waals surface area (Å²) in [6, 6.07) is 0. The lowest BCUT2D eigenvalue weighted by Gasteiger charge is -2.37. The SMILES string of the molecule is CC1(C(=O)O)CC=CC(CCO)(C(=O)O)C1. The van der Waals surface area contributed by atoms with E-state index in [2.05, 4.69) is 0 Å². The first-order chi connectivity index (χ1) is 7.36. The molecule has 0 radical (unpaired) electrons. The van der Waals surface area contributed by atoms with Gasteiger partial charge < -0.3 is 15.3 Å². The van der Waals surface area contributed by atoms with E-state index >= 15 is 0 Å². The minimum Gasteiger partial charge on any atom is -0.481 e. The van der Waals surface area contributed by atoms with Crippen molar-refractivity contribution in [3.8, 4) is 0 Å². The molecule has 0 bridgehead atoms. The normalized spacial score (nSPS) is 33.6. The standard InChI is InChI=1S/C11H16O5/c1-10(8(13)14)3-2-4-11(7-10,5-6-12)9(15)16/h2,4,12H,3,5-7H2,1H3,(H,13,14)(H,15,16). The Morgan fingerprint density at radius 3 is 2.38 bits per heavy atom. The first kappa shape index (κ1) is 12.7. The molecule has 0 aliphatic heterocycles. The lowest BCUT2D eigenvalue weighted by atomic mass is 9.65. The summed E-state index contributed by atoms with van der Waals surface area (Å²) in [4.78, 5) is 22.3. The Kier molecular flexibility index (Phi) is 3.38. The summed E-state index contributed by atoms with van der Waals surface area (Å²) in [5.74, 6) is -2.08. The van der Waals surface area contributed by atoms with Gasteiger partial charge in [-0.05, 0) is 26.2 Å². The molecule has 0 spiro atoms. The summed E-state index contributed by atoms with van der Waals surface area (Å²) in [6.07, 6.45) is 3.48. The number of aliphatic carboxylic acids is 2. The Hall–Kier alpha value is -1.36. The fourth-order valence-electron chi connectivity index (χ4n) is 2.16. The van der Waals surface area contributed by atoms with Crippen LogP contribution in [0.25, 0.3) is 0 Å². The summed E-state index contributed by atoms with van der Waals surface area (Å²) < 4.78 is 0. The number of carboxylic acids is 2. The van der Waals surface area contributed by atoms with E-state index in [-0.39, 0.29) is 19.4 Å². The molecule has 0 fully saturated rings.